The van der Waals surface area contributed by atoms with Gasteiger partial charge in [0.1, 0.15) is 17.0 Å². The van der Waals surface area contributed by atoms with E-state index in [-0.39, 0.29) is 18.4 Å². The zero-order valence-electron chi connectivity index (χ0n) is 32.9. The Bertz CT molecular complexity index is 2130. The number of benzene rings is 3. The van der Waals surface area contributed by atoms with Gasteiger partial charge in [-0.25, -0.2) is 14.6 Å². The van der Waals surface area contributed by atoms with Gasteiger partial charge in [0.25, 0.3) is 0 Å². The summed E-state index contributed by atoms with van der Waals surface area (Å²) in [5, 5.41) is 6.49. The van der Waals surface area contributed by atoms with Gasteiger partial charge in [-0.3, -0.25) is 14.7 Å². The Kier molecular flexibility index (Phi) is 13.5. The molecule has 0 atom stereocenters. The lowest BCUT2D eigenvalue weighted by atomic mass is 10.0. The van der Waals surface area contributed by atoms with E-state index in [2.05, 4.69) is 10.3 Å². The average molecular weight is 766 g/mol. The summed E-state index contributed by atoms with van der Waals surface area (Å²) >= 11 is 6.70. The summed E-state index contributed by atoms with van der Waals surface area (Å²) in [4.78, 5) is 52.2. The molecule has 0 aliphatic carbocycles. The number of carbonyl (C=O) groups excluding carboxylic acids is 3. The number of amides is 2. The number of pyridine rings is 2. The van der Waals surface area contributed by atoms with E-state index in [0.29, 0.717) is 54.5 Å². The van der Waals surface area contributed by atoms with E-state index in [1.165, 1.54) is 0 Å². The highest BCUT2D eigenvalue weighted by atomic mass is 35.5. The largest absolute Gasteiger partial charge is 0.444 e. The Morgan fingerprint density at radius 3 is 2.20 bits per heavy atom. The lowest BCUT2D eigenvalue weighted by molar-refractivity contribution is 0.0230. The first kappa shape index (κ1) is 41.1. The molecule has 5 rings (SSSR count). The predicted octanol–water partition coefficient (Wildman–Crippen LogP) is 10.2. The Morgan fingerprint density at radius 1 is 0.782 bits per heavy atom. The number of halogens is 1. The van der Waals surface area contributed by atoms with Crippen molar-refractivity contribution in [3.05, 3.63) is 101 Å². The first-order chi connectivity index (χ1) is 26.1. The number of rotatable bonds is 14. The van der Waals surface area contributed by atoms with E-state index >= 15 is 0 Å². The fraction of sp³-hybridized carbons (Fsp3) is 0.386. The molecule has 2 aromatic heterocycles. The number of unbranched alkanes of at least 4 members (excludes halogenated alkanes) is 1. The summed E-state index contributed by atoms with van der Waals surface area (Å²) in [6.07, 6.45) is 4.40. The van der Waals surface area contributed by atoms with E-state index < -0.39 is 17.3 Å². The smallest absolute Gasteiger partial charge is 0.416 e. The number of nitrogens with zero attached hydrogens (tertiary/aromatic N) is 4. The van der Waals surface area contributed by atoms with Crippen LogP contribution in [0, 0.1) is 0 Å². The summed E-state index contributed by atoms with van der Waals surface area (Å²) in [5.74, 6) is 0.452. The molecule has 290 valence electrons. The molecular weight excluding hydrogens is 714 g/mol. The second-order valence-corrected chi connectivity index (χ2v) is 15.9. The van der Waals surface area contributed by atoms with Gasteiger partial charge in [-0.05, 0) is 90.3 Å². The SMILES string of the molecule is CCC(=O)c1ccc2c(c1)nc(N(CCNCCCCN(Cc1ccc(-c3ccccc3)c(Cl)c1)C(=O)OC(C)(C)C)C(=O)OC(C)(C)C)c1ccncc12. The highest BCUT2D eigenvalue weighted by Gasteiger charge is 2.27. The fourth-order valence-corrected chi connectivity index (χ4v) is 6.49. The Hall–Kier alpha value is -5.06. The van der Waals surface area contributed by atoms with Crippen LogP contribution >= 0.6 is 11.6 Å². The van der Waals surface area contributed by atoms with Crippen molar-refractivity contribution < 1.29 is 23.9 Å². The van der Waals surface area contributed by atoms with Gasteiger partial charge < -0.3 is 19.7 Å². The third-order valence-corrected chi connectivity index (χ3v) is 9.09. The summed E-state index contributed by atoms with van der Waals surface area (Å²) in [6.45, 7) is 15.1. The summed E-state index contributed by atoms with van der Waals surface area (Å²) in [7, 11) is 0. The molecule has 0 aliphatic rings. The highest BCUT2D eigenvalue weighted by Crippen LogP contribution is 2.33. The molecule has 5 aromatic rings. The molecule has 0 saturated heterocycles. The molecule has 1 N–H and O–H groups in total. The minimum atomic E-state index is -0.729. The third-order valence-electron chi connectivity index (χ3n) is 8.78. The minimum Gasteiger partial charge on any atom is -0.444 e. The number of ether oxygens (including phenoxy) is 2. The molecule has 55 heavy (non-hydrogen) atoms. The number of aromatic nitrogens is 2. The van der Waals surface area contributed by atoms with E-state index in [1.807, 2.05) is 115 Å². The molecule has 0 unspecified atom stereocenters. The lowest BCUT2D eigenvalue weighted by Gasteiger charge is -2.28. The molecule has 0 saturated carbocycles. The van der Waals surface area contributed by atoms with Crippen molar-refractivity contribution in [3.8, 4) is 11.1 Å². The van der Waals surface area contributed by atoms with Crippen LogP contribution in [0.5, 0.6) is 0 Å². The Labute approximate surface area is 329 Å². The molecule has 2 amide bonds. The van der Waals surface area contributed by atoms with Crippen molar-refractivity contribution in [1.82, 2.24) is 20.2 Å². The number of nitrogens with one attached hydrogen (secondary N) is 1. The molecule has 3 aromatic carbocycles. The number of ketones is 1. The van der Waals surface area contributed by atoms with Gasteiger partial charge in [0.05, 0.1) is 5.52 Å². The van der Waals surface area contributed by atoms with Crippen LogP contribution in [0.25, 0.3) is 32.8 Å². The van der Waals surface area contributed by atoms with Gasteiger partial charge in [-0.2, -0.15) is 0 Å². The Balaban J connectivity index is 1.26. The number of Topliss-reactive ketones (excluding diaryl/α,β-unsaturated/α-hetero) is 1. The van der Waals surface area contributed by atoms with E-state index in [0.717, 1.165) is 45.7 Å². The quantitative estimate of drug-likeness (QED) is 0.0675. The Morgan fingerprint density at radius 2 is 1.51 bits per heavy atom. The monoisotopic (exact) mass is 765 g/mol. The van der Waals surface area contributed by atoms with Crippen LogP contribution < -0.4 is 10.2 Å². The summed E-state index contributed by atoms with van der Waals surface area (Å²) < 4.78 is 11.6. The summed E-state index contributed by atoms with van der Waals surface area (Å²) in [6, 6.07) is 23.2. The molecule has 0 fully saturated rings. The van der Waals surface area contributed by atoms with Crippen LogP contribution in [0.1, 0.15) is 83.7 Å². The fourth-order valence-electron chi connectivity index (χ4n) is 6.17. The molecule has 0 bridgehead atoms. The average Bonchev–Trinajstić information content (AvgIpc) is 3.13. The number of carbonyl (C=O) groups is 3. The molecule has 2 heterocycles. The minimum absolute atomic E-state index is 0.0147. The van der Waals surface area contributed by atoms with Crippen LogP contribution in [0.3, 0.4) is 0 Å². The molecule has 0 spiro atoms. The van der Waals surface area contributed by atoms with Gasteiger partial charge in [0.15, 0.2) is 5.78 Å². The van der Waals surface area contributed by atoms with E-state index in [1.54, 1.807) is 28.3 Å². The molecule has 0 aliphatic heterocycles. The predicted molar refractivity (Wildman–Crippen MR) is 221 cm³/mol. The van der Waals surface area contributed by atoms with Crippen LogP contribution in [0.15, 0.2) is 85.2 Å². The maximum absolute atomic E-state index is 13.7. The van der Waals surface area contributed by atoms with Gasteiger partial charge in [-0.1, -0.05) is 73.1 Å². The van der Waals surface area contributed by atoms with Crippen LogP contribution in [0.2, 0.25) is 5.02 Å². The molecule has 10 nitrogen and oxygen atoms in total. The van der Waals surface area contributed by atoms with Crippen molar-refractivity contribution in [3.63, 3.8) is 0 Å². The van der Waals surface area contributed by atoms with Crippen molar-refractivity contribution in [2.45, 2.75) is 85.5 Å². The zero-order valence-corrected chi connectivity index (χ0v) is 33.7. The maximum atomic E-state index is 13.7. The second kappa shape index (κ2) is 18.0. The van der Waals surface area contributed by atoms with Crippen molar-refractivity contribution in [1.29, 1.82) is 0 Å². The van der Waals surface area contributed by atoms with Crippen LogP contribution in [-0.4, -0.2) is 70.2 Å². The third kappa shape index (κ3) is 11.2. The maximum Gasteiger partial charge on any atom is 0.416 e. The first-order valence-electron chi connectivity index (χ1n) is 18.9. The van der Waals surface area contributed by atoms with Crippen molar-refractivity contribution >= 4 is 57.1 Å². The molecule has 0 radical (unpaired) electrons. The van der Waals surface area contributed by atoms with E-state index in [4.69, 9.17) is 26.1 Å². The number of fused-ring (bicyclic) bond motifs is 3. The topological polar surface area (TPSA) is 114 Å². The normalized spacial score (nSPS) is 11.8. The van der Waals surface area contributed by atoms with Crippen molar-refractivity contribution in [2.24, 2.45) is 0 Å². The number of hydrogen-bond acceptors (Lipinski definition) is 8. The first-order valence-corrected chi connectivity index (χ1v) is 19.2. The van der Waals surface area contributed by atoms with E-state index in [9.17, 15) is 14.4 Å². The van der Waals surface area contributed by atoms with Gasteiger partial charge in [0.2, 0.25) is 0 Å². The molecular formula is C44H52ClN5O5. The zero-order chi connectivity index (χ0) is 39.8. The van der Waals surface area contributed by atoms with Gasteiger partial charge in [-0.15, -0.1) is 0 Å². The second-order valence-electron chi connectivity index (χ2n) is 15.5. The molecule has 11 heteroatoms. The van der Waals surface area contributed by atoms with Crippen LogP contribution in [0.4, 0.5) is 15.4 Å². The number of hydrogen-bond donors (Lipinski definition) is 1. The summed E-state index contributed by atoms with van der Waals surface area (Å²) in [5.41, 5.74) is 2.68. The van der Waals surface area contributed by atoms with Crippen molar-refractivity contribution in [2.75, 3.05) is 31.1 Å². The lowest BCUT2D eigenvalue weighted by Crippen LogP contribution is -2.41. The number of anilines is 1. The van der Waals surface area contributed by atoms with Gasteiger partial charge >= 0.3 is 12.2 Å². The standard InChI is InChI=1S/C44H52ClN5O5/c1-8-39(51)32-17-19-34-36-28-47-22-20-35(36)40(48-38(34)27-32)50(42(53)55-44(5,6)7)25-23-46-21-12-13-24-49(41(52)54-43(2,3)4)29-30-16-18-33(37(45)26-30)31-14-10-9-11-15-31/h9-11,14-20,22,26-28,46H,8,12-13,21,23-25,29H2,1-7H3. The highest BCUT2D eigenvalue weighted by molar-refractivity contribution is 6.33. The van der Waals surface area contributed by atoms with Gasteiger partial charge in [0, 0.05) is 77.3 Å². The van der Waals surface area contributed by atoms with Crippen LogP contribution in [-0.2, 0) is 16.0 Å².